The summed E-state index contributed by atoms with van der Waals surface area (Å²) in [6.45, 7) is 8.01. The van der Waals surface area contributed by atoms with Crippen molar-refractivity contribution < 1.29 is 4.79 Å². The third-order valence-electron chi connectivity index (χ3n) is 3.43. The van der Waals surface area contributed by atoms with Crippen molar-refractivity contribution in [2.75, 3.05) is 20.1 Å². The van der Waals surface area contributed by atoms with Crippen LogP contribution < -0.4 is 5.32 Å². The summed E-state index contributed by atoms with van der Waals surface area (Å²) in [6, 6.07) is 0.589. The van der Waals surface area contributed by atoms with Crippen molar-refractivity contribution in [3.63, 3.8) is 0 Å². The Hall–Kier alpha value is -0.570. The third-order valence-corrected chi connectivity index (χ3v) is 3.43. The quantitative estimate of drug-likeness (QED) is 0.768. The Bertz CT molecular complexity index is 216. The average molecular weight is 212 g/mol. The normalized spacial score (nSPS) is 27.1. The summed E-state index contributed by atoms with van der Waals surface area (Å²) < 4.78 is 0. The lowest BCUT2D eigenvalue weighted by atomic mass is 9.89. The monoisotopic (exact) mass is 212 g/mol. The van der Waals surface area contributed by atoms with Gasteiger partial charge in [0.05, 0.1) is 0 Å². The van der Waals surface area contributed by atoms with Gasteiger partial charge in [-0.1, -0.05) is 27.2 Å². The highest BCUT2D eigenvalue weighted by Crippen LogP contribution is 2.21. The van der Waals surface area contributed by atoms with Crippen molar-refractivity contribution >= 4 is 5.91 Å². The van der Waals surface area contributed by atoms with Crippen LogP contribution in [0.3, 0.4) is 0 Å². The first kappa shape index (κ1) is 12.5. The lowest BCUT2D eigenvalue weighted by Crippen LogP contribution is -2.50. The molecule has 0 bridgehead atoms. The first-order chi connectivity index (χ1) is 7.10. The summed E-state index contributed by atoms with van der Waals surface area (Å²) in [5.74, 6) is 1.06. The summed E-state index contributed by atoms with van der Waals surface area (Å²) in [7, 11) is 2.02. The predicted octanol–water partition coefficient (Wildman–Crippen LogP) is 1.49. The number of nitrogens with one attached hydrogen (secondary N) is 1. The van der Waals surface area contributed by atoms with Gasteiger partial charge < -0.3 is 10.2 Å². The molecular formula is C12H24N2O. The van der Waals surface area contributed by atoms with E-state index in [1.165, 1.54) is 0 Å². The third kappa shape index (κ3) is 2.94. The molecule has 1 fully saturated rings. The molecule has 0 aromatic carbocycles. The van der Waals surface area contributed by atoms with Crippen LogP contribution in [0.1, 0.15) is 33.6 Å². The van der Waals surface area contributed by atoms with Crippen LogP contribution in [0.15, 0.2) is 0 Å². The van der Waals surface area contributed by atoms with Gasteiger partial charge in [0.1, 0.15) is 0 Å². The molecule has 1 aliphatic heterocycles. The maximum absolute atomic E-state index is 11.9. The highest BCUT2D eigenvalue weighted by Gasteiger charge is 2.29. The van der Waals surface area contributed by atoms with E-state index in [1.807, 2.05) is 25.8 Å². The molecular weight excluding hydrogens is 188 g/mol. The molecule has 3 heteroatoms. The first-order valence-electron chi connectivity index (χ1n) is 6.06. The van der Waals surface area contributed by atoms with Crippen LogP contribution in [0.5, 0.6) is 0 Å². The van der Waals surface area contributed by atoms with E-state index in [4.69, 9.17) is 0 Å². The molecule has 2 unspecified atom stereocenters. The molecule has 0 aromatic rings. The average Bonchev–Trinajstić information content (AvgIpc) is 2.26. The minimum atomic E-state index is 0.133. The maximum Gasteiger partial charge on any atom is 0.225 e. The molecule has 3 nitrogen and oxygen atoms in total. The van der Waals surface area contributed by atoms with E-state index in [-0.39, 0.29) is 5.92 Å². The SMILES string of the molecule is CCC1CN(C(=O)C(C)C)CCC1NC. The van der Waals surface area contributed by atoms with Gasteiger partial charge >= 0.3 is 0 Å². The molecule has 0 saturated carbocycles. The molecule has 1 saturated heterocycles. The first-order valence-corrected chi connectivity index (χ1v) is 6.06. The zero-order valence-corrected chi connectivity index (χ0v) is 10.4. The second-order valence-electron chi connectivity index (χ2n) is 4.79. The van der Waals surface area contributed by atoms with Crippen molar-refractivity contribution in [1.29, 1.82) is 0 Å². The van der Waals surface area contributed by atoms with Crippen LogP contribution in [-0.2, 0) is 4.79 Å². The van der Waals surface area contributed by atoms with Crippen molar-refractivity contribution in [2.24, 2.45) is 11.8 Å². The minimum absolute atomic E-state index is 0.133. The number of amides is 1. The predicted molar refractivity (Wildman–Crippen MR) is 62.7 cm³/mol. The van der Waals surface area contributed by atoms with Gasteiger partial charge in [-0.2, -0.15) is 0 Å². The van der Waals surface area contributed by atoms with E-state index in [0.717, 1.165) is 25.9 Å². The lowest BCUT2D eigenvalue weighted by Gasteiger charge is -2.39. The zero-order chi connectivity index (χ0) is 11.4. The van der Waals surface area contributed by atoms with E-state index in [0.29, 0.717) is 17.9 Å². The molecule has 1 amide bonds. The van der Waals surface area contributed by atoms with Crippen LogP contribution in [0.25, 0.3) is 0 Å². The minimum Gasteiger partial charge on any atom is -0.342 e. The van der Waals surface area contributed by atoms with E-state index in [9.17, 15) is 4.79 Å². The number of likely N-dealkylation sites (tertiary alicyclic amines) is 1. The number of hydrogen-bond donors (Lipinski definition) is 1. The van der Waals surface area contributed by atoms with Gasteiger partial charge in [0.2, 0.25) is 5.91 Å². The molecule has 1 aliphatic rings. The Balaban J connectivity index is 2.56. The summed E-state index contributed by atoms with van der Waals surface area (Å²) in [4.78, 5) is 13.9. The van der Waals surface area contributed by atoms with E-state index in [1.54, 1.807) is 0 Å². The van der Waals surface area contributed by atoms with Gasteiger partial charge in [-0.3, -0.25) is 4.79 Å². The second kappa shape index (κ2) is 5.50. The largest absolute Gasteiger partial charge is 0.342 e. The van der Waals surface area contributed by atoms with Crippen molar-refractivity contribution in [2.45, 2.75) is 39.7 Å². The number of carbonyl (C=O) groups is 1. The second-order valence-corrected chi connectivity index (χ2v) is 4.79. The molecule has 0 aromatic heterocycles. The van der Waals surface area contributed by atoms with Crippen LogP contribution in [0.2, 0.25) is 0 Å². The Morgan fingerprint density at radius 3 is 2.67 bits per heavy atom. The fourth-order valence-electron chi connectivity index (χ4n) is 2.39. The molecule has 1 N–H and O–H groups in total. The highest BCUT2D eigenvalue weighted by molar-refractivity contribution is 5.78. The Kier molecular flexibility index (Phi) is 4.58. The van der Waals surface area contributed by atoms with Crippen LogP contribution in [0.4, 0.5) is 0 Å². The van der Waals surface area contributed by atoms with Crippen LogP contribution in [-0.4, -0.2) is 37.0 Å². The number of nitrogens with zero attached hydrogens (tertiary/aromatic N) is 1. The van der Waals surface area contributed by atoms with Gasteiger partial charge in [0.15, 0.2) is 0 Å². The number of piperidine rings is 1. The molecule has 1 rings (SSSR count). The number of hydrogen-bond acceptors (Lipinski definition) is 2. The summed E-state index contributed by atoms with van der Waals surface area (Å²) in [5.41, 5.74) is 0. The van der Waals surface area contributed by atoms with Gasteiger partial charge in [-0.15, -0.1) is 0 Å². The Morgan fingerprint density at radius 1 is 1.53 bits per heavy atom. The fraction of sp³-hybridized carbons (Fsp3) is 0.917. The van der Waals surface area contributed by atoms with Gasteiger partial charge in [0, 0.05) is 25.0 Å². The topological polar surface area (TPSA) is 32.3 Å². The molecule has 15 heavy (non-hydrogen) atoms. The van der Waals surface area contributed by atoms with Crippen molar-refractivity contribution in [3.05, 3.63) is 0 Å². The van der Waals surface area contributed by atoms with Crippen LogP contribution in [0, 0.1) is 11.8 Å². The lowest BCUT2D eigenvalue weighted by molar-refractivity contribution is -0.136. The standard InChI is InChI=1S/C12H24N2O/c1-5-10-8-14(12(15)9(2)3)7-6-11(10)13-4/h9-11,13H,5-8H2,1-4H3. The van der Waals surface area contributed by atoms with Crippen molar-refractivity contribution in [1.82, 2.24) is 10.2 Å². The molecule has 1 heterocycles. The van der Waals surface area contributed by atoms with Gasteiger partial charge in [0.25, 0.3) is 0 Å². The molecule has 2 atom stereocenters. The summed E-state index contributed by atoms with van der Waals surface area (Å²) >= 11 is 0. The molecule has 0 radical (unpaired) electrons. The van der Waals surface area contributed by atoms with Crippen LogP contribution >= 0.6 is 0 Å². The zero-order valence-electron chi connectivity index (χ0n) is 10.4. The van der Waals surface area contributed by atoms with E-state index >= 15 is 0 Å². The highest BCUT2D eigenvalue weighted by atomic mass is 16.2. The number of rotatable bonds is 3. The smallest absolute Gasteiger partial charge is 0.225 e. The van der Waals surface area contributed by atoms with E-state index < -0.39 is 0 Å². The Labute approximate surface area is 93.2 Å². The van der Waals surface area contributed by atoms with Crippen molar-refractivity contribution in [3.8, 4) is 0 Å². The summed E-state index contributed by atoms with van der Waals surface area (Å²) in [6.07, 6.45) is 2.24. The molecule has 88 valence electrons. The Morgan fingerprint density at radius 2 is 2.20 bits per heavy atom. The maximum atomic E-state index is 11.9. The van der Waals surface area contributed by atoms with E-state index in [2.05, 4.69) is 12.2 Å². The summed E-state index contributed by atoms with van der Waals surface area (Å²) in [5, 5.41) is 3.36. The van der Waals surface area contributed by atoms with Gasteiger partial charge in [-0.25, -0.2) is 0 Å². The van der Waals surface area contributed by atoms with Gasteiger partial charge in [-0.05, 0) is 19.4 Å². The number of carbonyl (C=O) groups excluding carboxylic acids is 1. The molecule has 0 spiro atoms. The fourth-order valence-corrected chi connectivity index (χ4v) is 2.39. The molecule has 0 aliphatic carbocycles.